The zero-order chi connectivity index (χ0) is 32.7. The Balaban J connectivity index is 1.83. The van der Waals surface area contributed by atoms with Crippen molar-refractivity contribution in [3.8, 4) is 11.5 Å². The molecule has 0 spiro atoms. The van der Waals surface area contributed by atoms with Crippen LogP contribution in [-0.4, -0.2) is 88.9 Å². The second-order valence-electron chi connectivity index (χ2n) is 8.68. The molecule has 14 heteroatoms. The van der Waals surface area contributed by atoms with E-state index in [0.29, 0.717) is 12.2 Å². The third-order valence-corrected chi connectivity index (χ3v) is 5.30. The van der Waals surface area contributed by atoms with Gasteiger partial charge in [0.15, 0.2) is 6.10 Å². The van der Waals surface area contributed by atoms with Crippen LogP contribution < -0.4 is 20.1 Å². The predicted molar refractivity (Wildman–Crippen MR) is 159 cm³/mol. The quantitative estimate of drug-likeness (QED) is 0.0951. The summed E-state index contributed by atoms with van der Waals surface area (Å²) in [7, 11) is 0. The minimum atomic E-state index is -0.990. The Kier molecular flexibility index (Phi) is 16.8. The van der Waals surface area contributed by atoms with Crippen LogP contribution in [0.2, 0.25) is 0 Å². The Hall–Kier alpha value is -5.53. The lowest BCUT2D eigenvalue weighted by Gasteiger charge is -2.19. The average molecular weight is 629 g/mol. The molecule has 0 fully saturated rings. The molecule has 0 heterocycles. The number of hydrogen-bond donors (Lipinski definition) is 2. The first-order valence-corrected chi connectivity index (χ1v) is 13.8. The Labute approximate surface area is 260 Å². The first kappa shape index (κ1) is 35.7. The molecule has 2 amide bonds. The molecule has 0 saturated heterocycles. The number of para-hydroxylation sites is 2. The first-order valence-electron chi connectivity index (χ1n) is 13.8. The van der Waals surface area contributed by atoms with Crippen molar-refractivity contribution in [2.75, 3.05) is 52.7 Å². The summed E-state index contributed by atoms with van der Waals surface area (Å²) in [6, 6.07) is 15.2. The molecule has 0 radical (unpaired) electrons. The second kappa shape index (κ2) is 21.2. The van der Waals surface area contributed by atoms with Gasteiger partial charge >= 0.3 is 30.1 Å². The van der Waals surface area contributed by atoms with Crippen molar-refractivity contribution in [3.63, 3.8) is 0 Å². The molecule has 2 N–H and O–H groups in total. The highest BCUT2D eigenvalue weighted by Gasteiger charge is 2.21. The minimum absolute atomic E-state index is 0.0158. The molecule has 0 aliphatic rings. The van der Waals surface area contributed by atoms with Gasteiger partial charge in [0.2, 0.25) is 0 Å². The summed E-state index contributed by atoms with van der Waals surface area (Å²) in [6.45, 7) is 6.19. The van der Waals surface area contributed by atoms with Crippen molar-refractivity contribution < 1.29 is 57.1 Å². The normalized spacial score (nSPS) is 10.7. The van der Waals surface area contributed by atoms with Gasteiger partial charge in [0, 0.05) is 18.6 Å². The monoisotopic (exact) mass is 628 g/mol. The number of carbonyl (C=O) groups excluding carboxylic acids is 5. The molecule has 2 rings (SSSR count). The van der Waals surface area contributed by atoms with Gasteiger partial charge in [-0.25, -0.2) is 24.0 Å². The van der Waals surface area contributed by atoms with E-state index < -0.39 is 36.2 Å². The average Bonchev–Trinajstić information content (AvgIpc) is 3.06. The third kappa shape index (κ3) is 15.5. The van der Waals surface area contributed by atoms with E-state index in [2.05, 4.69) is 23.8 Å². The number of amides is 2. The highest BCUT2D eigenvalue weighted by Crippen LogP contribution is 2.20. The largest absolute Gasteiger partial charge is 0.493 e. The number of benzene rings is 2. The number of rotatable bonds is 20. The molecular formula is C31H36N2O12. The van der Waals surface area contributed by atoms with Crippen molar-refractivity contribution in [2.45, 2.75) is 12.5 Å². The van der Waals surface area contributed by atoms with Gasteiger partial charge in [-0.05, 0) is 24.3 Å². The molecule has 2 aromatic rings. The maximum absolute atomic E-state index is 12.9. The van der Waals surface area contributed by atoms with E-state index in [0.717, 1.165) is 12.2 Å². The zero-order valence-corrected chi connectivity index (χ0v) is 24.6. The van der Waals surface area contributed by atoms with Crippen molar-refractivity contribution in [1.29, 1.82) is 0 Å². The van der Waals surface area contributed by atoms with E-state index in [4.69, 9.17) is 33.2 Å². The summed E-state index contributed by atoms with van der Waals surface area (Å²) in [4.78, 5) is 59.0. The summed E-state index contributed by atoms with van der Waals surface area (Å²) in [6.07, 6.45) is -0.182. The Morgan fingerprint density at radius 1 is 0.667 bits per heavy atom. The Morgan fingerprint density at radius 3 is 1.96 bits per heavy atom. The second-order valence-corrected chi connectivity index (χ2v) is 8.68. The van der Waals surface area contributed by atoms with E-state index in [1.54, 1.807) is 42.5 Å². The van der Waals surface area contributed by atoms with Crippen molar-refractivity contribution in [3.05, 3.63) is 85.5 Å². The standard InChI is InChI=1S/C31H36N2O12/c1-3-27(34)40-19-15-32-30(37)42-18-10-17-39-26-14-9-8-13-25(26)29(36)44-22-24(21-43-23-11-6-5-7-12-23)45-31(38)33-16-20-41-28(35)4-2/h3-9,11-14,24H,1-2,10,15-22H2,(H,32,37)(H,33,38). The van der Waals surface area contributed by atoms with E-state index >= 15 is 0 Å². The van der Waals surface area contributed by atoms with Crippen molar-refractivity contribution >= 4 is 30.1 Å². The van der Waals surface area contributed by atoms with Gasteiger partial charge in [-0.2, -0.15) is 0 Å². The lowest BCUT2D eigenvalue weighted by Crippen LogP contribution is -2.36. The number of carbonyl (C=O) groups is 5. The van der Waals surface area contributed by atoms with Gasteiger partial charge in [-0.1, -0.05) is 43.5 Å². The van der Waals surface area contributed by atoms with Gasteiger partial charge in [-0.15, -0.1) is 0 Å². The number of nitrogens with one attached hydrogen (secondary N) is 2. The van der Waals surface area contributed by atoms with Gasteiger partial charge in [0.25, 0.3) is 0 Å². The van der Waals surface area contributed by atoms with E-state index in [-0.39, 0.29) is 64.0 Å². The van der Waals surface area contributed by atoms with Crippen molar-refractivity contribution in [2.24, 2.45) is 0 Å². The third-order valence-electron chi connectivity index (χ3n) is 5.30. The van der Waals surface area contributed by atoms with Crippen LogP contribution in [0.1, 0.15) is 16.8 Å². The first-order chi connectivity index (χ1) is 21.8. The Bertz CT molecular complexity index is 1270. The van der Waals surface area contributed by atoms with Gasteiger partial charge < -0.3 is 43.8 Å². The maximum Gasteiger partial charge on any atom is 0.407 e. The smallest absolute Gasteiger partial charge is 0.407 e. The molecule has 14 nitrogen and oxygen atoms in total. The number of ether oxygens (including phenoxy) is 7. The van der Waals surface area contributed by atoms with Crippen LogP contribution in [0.5, 0.6) is 11.5 Å². The van der Waals surface area contributed by atoms with Crippen LogP contribution in [-0.2, 0) is 33.3 Å². The highest BCUT2D eigenvalue weighted by molar-refractivity contribution is 5.92. The fourth-order valence-corrected chi connectivity index (χ4v) is 3.21. The van der Waals surface area contributed by atoms with Gasteiger partial charge in [-0.3, -0.25) is 0 Å². The van der Waals surface area contributed by atoms with Crippen LogP contribution >= 0.6 is 0 Å². The molecular weight excluding hydrogens is 592 g/mol. The van der Waals surface area contributed by atoms with E-state index in [9.17, 15) is 24.0 Å². The molecule has 0 aromatic heterocycles. The maximum atomic E-state index is 12.9. The minimum Gasteiger partial charge on any atom is -0.493 e. The summed E-state index contributed by atoms with van der Waals surface area (Å²) < 4.78 is 36.7. The molecule has 2 aromatic carbocycles. The summed E-state index contributed by atoms with van der Waals surface area (Å²) >= 11 is 0. The van der Waals surface area contributed by atoms with Crippen LogP contribution in [0.25, 0.3) is 0 Å². The van der Waals surface area contributed by atoms with Crippen molar-refractivity contribution in [1.82, 2.24) is 10.6 Å². The van der Waals surface area contributed by atoms with Gasteiger partial charge in [0.1, 0.15) is 43.5 Å². The van der Waals surface area contributed by atoms with E-state index in [1.807, 2.05) is 6.07 Å². The summed E-state index contributed by atoms with van der Waals surface area (Å²) in [5.74, 6) is -1.21. The molecule has 0 aliphatic carbocycles. The van der Waals surface area contributed by atoms with E-state index in [1.165, 1.54) is 6.07 Å². The molecule has 0 bridgehead atoms. The molecule has 1 unspecified atom stereocenters. The lowest BCUT2D eigenvalue weighted by atomic mass is 10.2. The fourth-order valence-electron chi connectivity index (χ4n) is 3.21. The molecule has 0 saturated carbocycles. The highest BCUT2D eigenvalue weighted by atomic mass is 16.6. The lowest BCUT2D eigenvalue weighted by molar-refractivity contribution is -0.138. The molecule has 0 aliphatic heterocycles. The number of alkyl carbamates (subject to hydrolysis) is 2. The zero-order valence-electron chi connectivity index (χ0n) is 24.6. The summed E-state index contributed by atoms with van der Waals surface area (Å²) in [5, 5.41) is 4.86. The fraction of sp³-hybridized carbons (Fsp3) is 0.323. The molecule has 242 valence electrons. The topological polar surface area (TPSA) is 174 Å². The van der Waals surface area contributed by atoms with Crippen LogP contribution in [0.15, 0.2) is 79.9 Å². The predicted octanol–water partition coefficient (Wildman–Crippen LogP) is 2.97. The SMILES string of the molecule is C=CC(=O)OCCNC(=O)OCCCOc1ccccc1C(=O)OCC(COc1ccccc1)OC(=O)NCCOC(=O)C=C. The molecule has 45 heavy (non-hydrogen) atoms. The van der Waals surface area contributed by atoms with Crippen LogP contribution in [0.3, 0.4) is 0 Å². The van der Waals surface area contributed by atoms with Crippen LogP contribution in [0.4, 0.5) is 9.59 Å². The Morgan fingerprint density at radius 2 is 1.29 bits per heavy atom. The number of hydrogen-bond acceptors (Lipinski definition) is 12. The molecule has 1 atom stereocenters. The van der Waals surface area contributed by atoms with Crippen LogP contribution in [0, 0.1) is 0 Å². The number of esters is 3. The van der Waals surface area contributed by atoms with Gasteiger partial charge in [0.05, 0.1) is 26.3 Å². The summed E-state index contributed by atoms with van der Waals surface area (Å²) in [5.41, 5.74) is 0.126.